The van der Waals surface area contributed by atoms with E-state index in [0.717, 1.165) is 5.56 Å². The number of nitrogens with two attached hydrogens (primary N) is 1. The Bertz CT molecular complexity index is 643. The number of hydrogen-bond donors (Lipinski definition) is 3. The topological polar surface area (TPSA) is 92.8 Å². The monoisotopic (exact) mass is 351 g/mol. The van der Waals surface area contributed by atoms with Crippen LogP contribution >= 0.6 is 15.9 Å². The minimum Gasteiger partial charge on any atom is -0.508 e. The summed E-state index contributed by atoms with van der Waals surface area (Å²) in [6.07, 6.45) is 0.243. The Morgan fingerprint density at radius 1 is 1.24 bits per heavy atom. The van der Waals surface area contributed by atoms with E-state index in [1.807, 2.05) is 0 Å². The highest BCUT2D eigenvalue weighted by Crippen LogP contribution is 2.31. The summed E-state index contributed by atoms with van der Waals surface area (Å²) in [6, 6.07) is 10.7. The van der Waals surface area contributed by atoms with Gasteiger partial charge in [0, 0.05) is 0 Å². The van der Waals surface area contributed by atoms with Gasteiger partial charge in [-0.2, -0.15) is 0 Å². The zero-order valence-electron chi connectivity index (χ0n) is 11.0. The van der Waals surface area contributed by atoms with Gasteiger partial charge in [-0.05, 0) is 64.3 Å². The fourth-order valence-corrected chi connectivity index (χ4v) is 2.24. The second-order valence-electron chi connectivity index (χ2n) is 4.51. The third-order valence-electron chi connectivity index (χ3n) is 2.83. The lowest BCUT2D eigenvalue weighted by Gasteiger charge is -2.11. The van der Waals surface area contributed by atoms with Crippen LogP contribution in [0.15, 0.2) is 46.9 Å². The highest BCUT2D eigenvalue weighted by Gasteiger charge is 2.13. The van der Waals surface area contributed by atoms with Gasteiger partial charge in [-0.3, -0.25) is 4.79 Å². The van der Waals surface area contributed by atoms with Crippen molar-refractivity contribution in [3.63, 3.8) is 0 Å². The fraction of sp³-hybridized carbons (Fsp3) is 0.133. The number of phenols is 1. The first-order valence-corrected chi connectivity index (χ1v) is 6.98. The Labute approximate surface area is 130 Å². The molecule has 2 aromatic carbocycles. The lowest BCUT2D eigenvalue weighted by molar-refractivity contribution is -0.138. The van der Waals surface area contributed by atoms with Crippen LogP contribution in [-0.4, -0.2) is 22.2 Å². The van der Waals surface area contributed by atoms with Gasteiger partial charge in [0.05, 0.1) is 4.47 Å². The van der Waals surface area contributed by atoms with Crippen molar-refractivity contribution in [3.8, 4) is 17.2 Å². The third-order valence-corrected chi connectivity index (χ3v) is 3.45. The number of phenolic OH excluding ortho intramolecular Hbond substituents is 1. The number of carboxylic acids is 1. The molecular weight excluding hydrogens is 338 g/mol. The molecule has 0 aliphatic heterocycles. The maximum Gasteiger partial charge on any atom is 0.320 e. The molecule has 2 rings (SSSR count). The van der Waals surface area contributed by atoms with Crippen molar-refractivity contribution in [1.82, 2.24) is 0 Å². The minimum absolute atomic E-state index is 0.166. The van der Waals surface area contributed by atoms with Crippen LogP contribution < -0.4 is 10.5 Å². The molecule has 21 heavy (non-hydrogen) atoms. The molecule has 0 aliphatic carbocycles. The van der Waals surface area contributed by atoms with Crippen LogP contribution in [0.2, 0.25) is 0 Å². The predicted octanol–water partition coefficient (Wildman–Crippen LogP) is 2.90. The predicted molar refractivity (Wildman–Crippen MR) is 81.6 cm³/mol. The number of aromatic hydroxyl groups is 1. The van der Waals surface area contributed by atoms with Crippen molar-refractivity contribution in [3.05, 3.63) is 52.5 Å². The van der Waals surface area contributed by atoms with Crippen LogP contribution in [0.4, 0.5) is 0 Å². The van der Waals surface area contributed by atoms with Crippen molar-refractivity contribution < 1.29 is 19.7 Å². The van der Waals surface area contributed by atoms with Crippen LogP contribution in [0.1, 0.15) is 5.56 Å². The molecule has 2 aromatic rings. The molecule has 0 unspecified atom stereocenters. The molecule has 1 atom stereocenters. The highest BCUT2D eigenvalue weighted by molar-refractivity contribution is 9.10. The SMILES string of the molecule is N[C@@H](Cc1ccc(Oc2ccc(O)cc2)c(Br)c1)C(=O)O. The number of ether oxygens (including phenoxy) is 1. The lowest BCUT2D eigenvalue weighted by atomic mass is 10.1. The van der Waals surface area contributed by atoms with E-state index in [1.54, 1.807) is 30.3 Å². The molecule has 110 valence electrons. The number of carbonyl (C=O) groups is 1. The number of hydrogen-bond acceptors (Lipinski definition) is 4. The van der Waals surface area contributed by atoms with Gasteiger partial charge in [0.2, 0.25) is 0 Å². The Morgan fingerprint density at radius 2 is 1.90 bits per heavy atom. The first-order valence-electron chi connectivity index (χ1n) is 6.19. The van der Waals surface area contributed by atoms with Crippen molar-refractivity contribution in [2.45, 2.75) is 12.5 Å². The maximum absolute atomic E-state index is 10.7. The Hall–Kier alpha value is -2.05. The van der Waals surface area contributed by atoms with E-state index in [1.165, 1.54) is 12.1 Å². The second-order valence-corrected chi connectivity index (χ2v) is 5.36. The molecule has 0 saturated heterocycles. The summed E-state index contributed by atoms with van der Waals surface area (Å²) in [6.45, 7) is 0. The van der Waals surface area contributed by atoms with E-state index < -0.39 is 12.0 Å². The first kappa shape index (κ1) is 15.3. The molecule has 0 heterocycles. The van der Waals surface area contributed by atoms with Gasteiger partial charge in [0.25, 0.3) is 0 Å². The third kappa shape index (κ3) is 4.21. The van der Waals surface area contributed by atoms with E-state index in [2.05, 4.69) is 15.9 Å². The van der Waals surface area contributed by atoms with Crippen LogP contribution in [0.5, 0.6) is 17.2 Å². The van der Waals surface area contributed by atoms with E-state index in [-0.39, 0.29) is 12.2 Å². The molecule has 0 spiro atoms. The van der Waals surface area contributed by atoms with Gasteiger partial charge < -0.3 is 20.7 Å². The fourth-order valence-electron chi connectivity index (χ4n) is 1.74. The zero-order valence-corrected chi connectivity index (χ0v) is 12.6. The second kappa shape index (κ2) is 6.60. The first-order chi connectivity index (χ1) is 9.95. The number of benzene rings is 2. The largest absolute Gasteiger partial charge is 0.508 e. The summed E-state index contributed by atoms with van der Waals surface area (Å²) >= 11 is 3.38. The number of carboxylic acid groups (broad SMARTS) is 1. The highest BCUT2D eigenvalue weighted by atomic mass is 79.9. The Balaban J connectivity index is 2.12. The quantitative estimate of drug-likeness (QED) is 0.770. The lowest BCUT2D eigenvalue weighted by Crippen LogP contribution is -2.32. The summed E-state index contributed by atoms with van der Waals surface area (Å²) in [7, 11) is 0. The smallest absolute Gasteiger partial charge is 0.320 e. The minimum atomic E-state index is -1.03. The van der Waals surface area contributed by atoms with Crippen molar-refractivity contribution in [2.24, 2.45) is 5.73 Å². The summed E-state index contributed by atoms with van der Waals surface area (Å²) in [4.78, 5) is 10.7. The summed E-state index contributed by atoms with van der Waals surface area (Å²) in [5.41, 5.74) is 6.31. The average molecular weight is 352 g/mol. The van der Waals surface area contributed by atoms with Crippen molar-refractivity contribution >= 4 is 21.9 Å². The van der Waals surface area contributed by atoms with Gasteiger partial charge in [0.1, 0.15) is 23.3 Å². The van der Waals surface area contributed by atoms with Gasteiger partial charge in [-0.15, -0.1) is 0 Å². The molecule has 0 saturated carbocycles. The van der Waals surface area contributed by atoms with E-state index in [9.17, 15) is 9.90 Å². The number of halogens is 1. The molecule has 0 aromatic heterocycles. The van der Waals surface area contributed by atoms with Gasteiger partial charge in [-0.1, -0.05) is 6.07 Å². The standard InChI is InChI=1S/C15H14BrNO4/c16-12-7-9(8-13(17)15(19)20)1-6-14(12)21-11-4-2-10(18)3-5-11/h1-7,13,18H,8,17H2,(H,19,20)/t13-/m0/s1. The van der Waals surface area contributed by atoms with E-state index in [0.29, 0.717) is 16.0 Å². The molecule has 0 aliphatic rings. The van der Waals surface area contributed by atoms with Crippen LogP contribution in [0, 0.1) is 0 Å². The number of rotatable bonds is 5. The van der Waals surface area contributed by atoms with Crippen LogP contribution in [0.3, 0.4) is 0 Å². The summed E-state index contributed by atoms with van der Waals surface area (Å²) in [5.74, 6) is 0.312. The van der Waals surface area contributed by atoms with E-state index >= 15 is 0 Å². The number of aliphatic carboxylic acids is 1. The van der Waals surface area contributed by atoms with Gasteiger partial charge in [0.15, 0.2) is 0 Å². The van der Waals surface area contributed by atoms with Crippen molar-refractivity contribution in [1.29, 1.82) is 0 Å². The molecule has 6 heteroatoms. The molecule has 5 nitrogen and oxygen atoms in total. The van der Waals surface area contributed by atoms with Crippen LogP contribution in [0.25, 0.3) is 0 Å². The molecule has 0 fully saturated rings. The Kier molecular flexibility index (Phi) is 4.82. The Morgan fingerprint density at radius 3 is 2.48 bits per heavy atom. The zero-order chi connectivity index (χ0) is 15.4. The maximum atomic E-state index is 10.7. The van der Waals surface area contributed by atoms with Crippen molar-refractivity contribution in [2.75, 3.05) is 0 Å². The molecule has 4 N–H and O–H groups in total. The van der Waals surface area contributed by atoms with Crippen LogP contribution in [-0.2, 0) is 11.2 Å². The molecule has 0 bridgehead atoms. The molecule has 0 radical (unpaired) electrons. The average Bonchev–Trinajstić information content (AvgIpc) is 2.44. The van der Waals surface area contributed by atoms with Gasteiger partial charge >= 0.3 is 5.97 Å². The molecular formula is C15H14BrNO4. The summed E-state index contributed by atoms with van der Waals surface area (Å²) in [5, 5.41) is 18.0. The summed E-state index contributed by atoms with van der Waals surface area (Å²) < 4.78 is 6.37. The molecule has 0 amide bonds. The van der Waals surface area contributed by atoms with Gasteiger partial charge in [-0.25, -0.2) is 0 Å². The normalized spacial score (nSPS) is 11.9. The van der Waals surface area contributed by atoms with E-state index in [4.69, 9.17) is 15.6 Å².